The summed E-state index contributed by atoms with van der Waals surface area (Å²) in [5.74, 6) is 0. The van der Waals surface area contributed by atoms with Crippen molar-refractivity contribution in [3.63, 3.8) is 0 Å². The van der Waals surface area contributed by atoms with Crippen molar-refractivity contribution in [2.24, 2.45) is 0 Å². The lowest BCUT2D eigenvalue weighted by molar-refractivity contribution is -0.137. The minimum atomic E-state index is -4.35. The molecule has 0 aliphatic heterocycles. The fourth-order valence-corrected chi connectivity index (χ4v) is 2.02. The summed E-state index contributed by atoms with van der Waals surface area (Å²) in [6.45, 7) is 0. The third kappa shape index (κ3) is 2.77. The van der Waals surface area contributed by atoms with Gasteiger partial charge in [-0.15, -0.1) is 0 Å². The maximum Gasteiger partial charge on any atom is 0.417 e. The summed E-state index contributed by atoms with van der Waals surface area (Å²) in [5, 5.41) is 0. The molecule has 5 heteroatoms. The molecule has 0 aliphatic rings. The molecule has 0 spiro atoms. The molecule has 0 amide bonds. The average molecular weight is 349 g/mol. The van der Waals surface area contributed by atoms with E-state index in [-0.39, 0.29) is 5.56 Å². The standard InChI is InChI=1S/C12H7F3IN/c13-12(14,15)11-6-9(16)3-4-10(11)8-2-1-5-17-7-8/h1-7H. The van der Waals surface area contributed by atoms with Crippen LogP contribution in [0.15, 0.2) is 42.7 Å². The van der Waals surface area contributed by atoms with Gasteiger partial charge < -0.3 is 0 Å². The summed E-state index contributed by atoms with van der Waals surface area (Å²) in [7, 11) is 0. The number of benzene rings is 1. The highest BCUT2D eigenvalue weighted by Crippen LogP contribution is 2.37. The van der Waals surface area contributed by atoms with E-state index in [9.17, 15) is 13.2 Å². The van der Waals surface area contributed by atoms with Gasteiger partial charge in [0.25, 0.3) is 0 Å². The predicted octanol–water partition coefficient (Wildman–Crippen LogP) is 4.37. The van der Waals surface area contributed by atoms with Crippen LogP contribution in [0.1, 0.15) is 5.56 Å². The molecular formula is C12H7F3IN. The van der Waals surface area contributed by atoms with Crippen LogP contribution in [0.25, 0.3) is 11.1 Å². The molecule has 2 rings (SSSR count). The molecule has 1 aromatic carbocycles. The topological polar surface area (TPSA) is 12.9 Å². The normalized spacial score (nSPS) is 11.5. The second-order valence-corrected chi connectivity index (χ2v) is 4.67. The first-order chi connectivity index (χ1) is 7.98. The lowest BCUT2D eigenvalue weighted by Crippen LogP contribution is -2.07. The van der Waals surface area contributed by atoms with Gasteiger partial charge in [0.05, 0.1) is 5.56 Å². The van der Waals surface area contributed by atoms with Gasteiger partial charge in [-0.1, -0.05) is 12.1 Å². The first kappa shape index (κ1) is 12.3. The largest absolute Gasteiger partial charge is 0.417 e. The molecule has 0 radical (unpaired) electrons. The fourth-order valence-electron chi connectivity index (χ4n) is 1.52. The van der Waals surface area contributed by atoms with E-state index in [4.69, 9.17) is 0 Å². The van der Waals surface area contributed by atoms with Crippen molar-refractivity contribution in [1.82, 2.24) is 4.98 Å². The van der Waals surface area contributed by atoms with E-state index in [1.165, 1.54) is 18.5 Å². The van der Waals surface area contributed by atoms with E-state index in [0.29, 0.717) is 9.13 Å². The van der Waals surface area contributed by atoms with Crippen LogP contribution in [0.5, 0.6) is 0 Å². The SMILES string of the molecule is FC(F)(F)c1cc(I)ccc1-c1cccnc1. The zero-order chi connectivity index (χ0) is 12.5. The van der Waals surface area contributed by atoms with E-state index in [0.717, 1.165) is 6.07 Å². The first-order valence-electron chi connectivity index (χ1n) is 4.75. The maximum atomic E-state index is 12.9. The molecule has 0 fully saturated rings. The number of hydrogen-bond donors (Lipinski definition) is 0. The van der Waals surface area contributed by atoms with E-state index in [1.807, 2.05) is 22.6 Å². The third-order valence-electron chi connectivity index (χ3n) is 2.26. The Bertz CT molecular complexity index is 523. The second kappa shape index (κ2) is 4.64. The molecule has 0 N–H and O–H groups in total. The van der Waals surface area contributed by atoms with Crippen LogP contribution >= 0.6 is 22.6 Å². The zero-order valence-corrected chi connectivity index (χ0v) is 10.7. The average Bonchev–Trinajstić information content (AvgIpc) is 2.29. The van der Waals surface area contributed by atoms with Gasteiger partial charge in [0.15, 0.2) is 0 Å². The Morgan fingerprint density at radius 1 is 1.12 bits per heavy atom. The Balaban J connectivity index is 2.63. The van der Waals surface area contributed by atoms with Crippen molar-refractivity contribution in [3.05, 3.63) is 51.9 Å². The van der Waals surface area contributed by atoms with Crippen molar-refractivity contribution >= 4 is 22.6 Å². The molecular weight excluding hydrogens is 342 g/mol. The van der Waals surface area contributed by atoms with Crippen LogP contribution < -0.4 is 0 Å². The van der Waals surface area contributed by atoms with Gasteiger partial charge in [-0.2, -0.15) is 13.2 Å². The molecule has 88 valence electrons. The highest BCUT2D eigenvalue weighted by atomic mass is 127. The number of aromatic nitrogens is 1. The van der Waals surface area contributed by atoms with Gasteiger partial charge in [0, 0.05) is 21.5 Å². The quantitative estimate of drug-likeness (QED) is 0.697. The summed E-state index contributed by atoms with van der Waals surface area (Å²) >= 11 is 1.87. The Labute approximate surface area is 110 Å². The summed E-state index contributed by atoms with van der Waals surface area (Å²) in [4.78, 5) is 3.84. The van der Waals surface area contributed by atoms with Crippen molar-refractivity contribution in [1.29, 1.82) is 0 Å². The Kier molecular flexibility index (Phi) is 3.37. The molecule has 0 saturated heterocycles. The van der Waals surface area contributed by atoms with E-state index < -0.39 is 11.7 Å². The van der Waals surface area contributed by atoms with Gasteiger partial charge in [0.1, 0.15) is 0 Å². The van der Waals surface area contributed by atoms with Gasteiger partial charge >= 0.3 is 6.18 Å². The highest BCUT2D eigenvalue weighted by molar-refractivity contribution is 14.1. The van der Waals surface area contributed by atoms with Crippen molar-refractivity contribution < 1.29 is 13.2 Å². The molecule has 2 aromatic rings. The predicted molar refractivity (Wildman–Crippen MR) is 67.4 cm³/mol. The number of rotatable bonds is 1. The van der Waals surface area contributed by atoms with Gasteiger partial charge in [0.2, 0.25) is 0 Å². The van der Waals surface area contributed by atoms with Crippen molar-refractivity contribution in [2.45, 2.75) is 6.18 Å². The highest BCUT2D eigenvalue weighted by Gasteiger charge is 2.33. The van der Waals surface area contributed by atoms with Gasteiger partial charge in [-0.05, 0) is 46.4 Å². The molecule has 1 aromatic heterocycles. The molecule has 1 heterocycles. The van der Waals surface area contributed by atoms with Gasteiger partial charge in [-0.25, -0.2) is 0 Å². The van der Waals surface area contributed by atoms with E-state index >= 15 is 0 Å². The number of nitrogens with zero attached hydrogens (tertiary/aromatic N) is 1. The third-order valence-corrected chi connectivity index (χ3v) is 2.93. The fraction of sp³-hybridized carbons (Fsp3) is 0.0833. The maximum absolute atomic E-state index is 12.9. The minimum Gasteiger partial charge on any atom is -0.264 e. The first-order valence-corrected chi connectivity index (χ1v) is 5.83. The minimum absolute atomic E-state index is 0.158. The number of halogens is 4. The molecule has 17 heavy (non-hydrogen) atoms. The summed E-state index contributed by atoms with van der Waals surface area (Å²) in [5.41, 5.74) is -0.000332. The van der Waals surface area contributed by atoms with Crippen LogP contribution in [0.3, 0.4) is 0 Å². The molecule has 0 aliphatic carbocycles. The molecule has 0 unspecified atom stereocenters. The number of hydrogen-bond acceptors (Lipinski definition) is 1. The monoisotopic (exact) mass is 349 g/mol. The lowest BCUT2D eigenvalue weighted by Gasteiger charge is -2.13. The van der Waals surface area contributed by atoms with E-state index in [1.54, 1.807) is 18.2 Å². The number of pyridine rings is 1. The summed E-state index contributed by atoms with van der Waals surface area (Å²) < 4.78 is 39.2. The molecule has 0 saturated carbocycles. The molecule has 0 bridgehead atoms. The van der Waals surface area contributed by atoms with Crippen LogP contribution in [0, 0.1) is 3.57 Å². The van der Waals surface area contributed by atoms with E-state index in [2.05, 4.69) is 4.98 Å². The molecule has 0 atom stereocenters. The van der Waals surface area contributed by atoms with Crippen molar-refractivity contribution in [3.8, 4) is 11.1 Å². The molecule has 1 nitrogen and oxygen atoms in total. The summed E-state index contributed by atoms with van der Waals surface area (Å²) in [6.07, 6.45) is -1.40. The van der Waals surface area contributed by atoms with Crippen LogP contribution in [-0.4, -0.2) is 4.98 Å². The van der Waals surface area contributed by atoms with Crippen molar-refractivity contribution in [2.75, 3.05) is 0 Å². The Morgan fingerprint density at radius 2 is 1.88 bits per heavy atom. The van der Waals surface area contributed by atoms with Gasteiger partial charge in [-0.3, -0.25) is 4.98 Å². The van der Waals surface area contributed by atoms with Crippen LogP contribution in [-0.2, 0) is 6.18 Å². The second-order valence-electron chi connectivity index (χ2n) is 3.43. The Hall–Kier alpha value is -1.11. The summed E-state index contributed by atoms with van der Waals surface area (Å²) in [6, 6.07) is 7.50. The Morgan fingerprint density at radius 3 is 2.47 bits per heavy atom. The zero-order valence-electron chi connectivity index (χ0n) is 8.50. The smallest absolute Gasteiger partial charge is 0.264 e. The van der Waals surface area contributed by atoms with Crippen LogP contribution in [0.4, 0.5) is 13.2 Å². The number of alkyl halides is 3. The lowest BCUT2D eigenvalue weighted by atomic mass is 10.0. The van der Waals surface area contributed by atoms with Crippen LogP contribution in [0.2, 0.25) is 0 Å².